The first-order valence-corrected chi connectivity index (χ1v) is 7.54. The highest BCUT2D eigenvalue weighted by Crippen LogP contribution is 2.24. The number of anilines is 1. The predicted molar refractivity (Wildman–Crippen MR) is 84.5 cm³/mol. The number of nitrogens with one attached hydrogen (secondary N) is 2. The zero-order valence-corrected chi connectivity index (χ0v) is 12.5. The van der Waals surface area contributed by atoms with Crippen LogP contribution in [0.3, 0.4) is 0 Å². The number of hydrogen-bond acceptors (Lipinski definition) is 5. The monoisotopic (exact) mass is 314 g/mol. The number of aromatic nitrogens is 1. The maximum absolute atomic E-state index is 12.3. The number of hydrogen-bond donors (Lipinski definition) is 3. The van der Waals surface area contributed by atoms with E-state index < -0.39 is 11.9 Å². The van der Waals surface area contributed by atoms with Crippen molar-refractivity contribution in [2.24, 2.45) is 0 Å². The lowest BCUT2D eigenvalue weighted by atomic mass is 10.1. The van der Waals surface area contributed by atoms with Gasteiger partial charge in [0.2, 0.25) is 11.8 Å². The zero-order chi connectivity index (χ0) is 16.2. The minimum Gasteiger partial charge on any atom is -0.444 e. The quantitative estimate of drug-likeness (QED) is 0.740. The van der Waals surface area contributed by atoms with E-state index >= 15 is 0 Å². The second-order valence-corrected chi connectivity index (χ2v) is 5.44. The summed E-state index contributed by atoms with van der Waals surface area (Å²) in [5, 5.41) is 5.48. The van der Waals surface area contributed by atoms with E-state index in [0.717, 1.165) is 12.8 Å². The van der Waals surface area contributed by atoms with Gasteiger partial charge < -0.3 is 20.8 Å². The Morgan fingerprint density at radius 2 is 2.17 bits per heavy atom. The highest BCUT2D eigenvalue weighted by Gasteiger charge is 2.24. The first-order valence-electron chi connectivity index (χ1n) is 7.54. The lowest BCUT2D eigenvalue weighted by Gasteiger charge is -2.13. The van der Waals surface area contributed by atoms with Crippen LogP contribution in [0.4, 0.5) is 5.69 Å². The molecule has 120 valence electrons. The smallest absolute Gasteiger partial charge is 0.273 e. The van der Waals surface area contributed by atoms with Crippen LogP contribution in [0, 0.1) is 0 Å². The van der Waals surface area contributed by atoms with Gasteiger partial charge in [0.15, 0.2) is 5.69 Å². The molecule has 1 aromatic carbocycles. The number of benzene rings is 1. The third-order valence-corrected chi connectivity index (χ3v) is 3.77. The van der Waals surface area contributed by atoms with E-state index in [-0.39, 0.29) is 17.5 Å². The molecular formula is C16H18N4O3. The van der Waals surface area contributed by atoms with Crippen molar-refractivity contribution >= 4 is 17.5 Å². The average molecular weight is 314 g/mol. The fourth-order valence-electron chi connectivity index (χ4n) is 2.50. The number of amides is 2. The number of nitrogens with two attached hydrogens (primary N) is 1. The number of nitrogens with zero attached hydrogens (tertiary/aromatic N) is 1. The van der Waals surface area contributed by atoms with Gasteiger partial charge in [-0.25, -0.2) is 4.98 Å². The summed E-state index contributed by atoms with van der Waals surface area (Å²) < 4.78 is 5.34. The maximum atomic E-state index is 12.3. The molecule has 1 aliphatic heterocycles. The summed E-state index contributed by atoms with van der Waals surface area (Å²) in [6, 6.07) is 6.58. The van der Waals surface area contributed by atoms with Gasteiger partial charge >= 0.3 is 0 Å². The number of nitrogen functional groups attached to an aromatic ring is 1. The van der Waals surface area contributed by atoms with E-state index in [0.29, 0.717) is 24.2 Å². The molecular weight excluding hydrogens is 296 g/mol. The van der Waals surface area contributed by atoms with Crippen molar-refractivity contribution in [3.05, 3.63) is 36.2 Å². The van der Waals surface area contributed by atoms with Crippen LogP contribution < -0.4 is 16.4 Å². The number of carbonyl (C=O) groups excluding carboxylic acids is 2. The van der Waals surface area contributed by atoms with Gasteiger partial charge in [0.25, 0.3) is 5.91 Å². The Morgan fingerprint density at radius 3 is 3.00 bits per heavy atom. The first-order chi connectivity index (χ1) is 11.1. The summed E-state index contributed by atoms with van der Waals surface area (Å²) in [6.45, 7) is 0.645. The van der Waals surface area contributed by atoms with Crippen molar-refractivity contribution in [2.75, 3.05) is 12.3 Å². The second-order valence-electron chi connectivity index (χ2n) is 5.44. The Kier molecular flexibility index (Phi) is 4.27. The Bertz CT molecular complexity index is 726. The van der Waals surface area contributed by atoms with Crippen molar-refractivity contribution in [2.45, 2.75) is 25.3 Å². The summed E-state index contributed by atoms with van der Waals surface area (Å²) in [4.78, 5) is 28.3. The molecule has 1 unspecified atom stereocenters. The molecule has 0 bridgehead atoms. The summed E-state index contributed by atoms with van der Waals surface area (Å²) in [5.41, 5.74) is 7.14. The van der Waals surface area contributed by atoms with Gasteiger partial charge in [-0.1, -0.05) is 12.1 Å². The molecule has 23 heavy (non-hydrogen) atoms. The molecule has 1 aliphatic rings. The van der Waals surface area contributed by atoms with Crippen LogP contribution >= 0.6 is 0 Å². The molecule has 0 aliphatic carbocycles. The van der Waals surface area contributed by atoms with Crippen molar-refractivity contribution in [1.29, 1.82) is 0 Å². The number of rotatable bonds is 3. The van der Waals surface area contributed by atoms with Gasteiger partial charge in [0.1, 0.15) is 12.3 Å². The topological polar surface area (TPSA) is 110 Å². The molecule has 0 saturated carbocycles. The van der Waals surface area contributed by atoms with Crippen molar-refractivity contribution in [1.82, 2.24) is 15.6 Å². The molecule has 1 saturated heterocycles. The summed E-state index contributed by atoms with van der Waals surface area (Å²) >= 11 is 0. The molecule has 4 N–H and O–H groups in total. The van der Waals surface area contributed by atoms with Crippen LogP contribution in [-0.2, 0) is 4.79 Å². The first kappa shape index (κ1) is 15.1. The van der Waals surface area contributed by atoms with Crippen LogP contribution in [-0.4, -0.2) is 29.4 Å². The molecule has 7 heteroatoms. The van der Waals surface area contributed by atoms with Crippen LogP contribution in [0.25, 0.3) is 11.5 Å². The molecule has 1 atom stereocenters. The molecule has 2 aromatic rings. The van der Waals surface area contributed by atoms with Gasteiger partial charge in [-0.05, 0) is 31.4 Å². The average Bonchev–Trinajstić information content (AvgIpc) is 2.95. The second kappa shape index (κ2) is 6.51. The largest absolute Gasteiger partial charge is 0.444 e. The minimum atomic E-state index is -0.535. The molecule has 0 radical (unpaired) electrons. The van der Waals surface area contributed by atoms with E-state index in [4.69, 9.17) is 10.2 Å². The number of oxazole rings is 1. The van der Waals surface area contributed by atoms with Crippen molar-refractivity contribution < 1.29 is 14.0 Å². The van der Waals surface area contributed by atoms with Crippen LogP contribution in [0.5, 0.6) is 0 Å². The molecule has 3 rings (SSSR count). The molecule has 2 amide bonds. The van der Waals surface area contributed by atoms with Crippen molar-refractivity contribution in [3.8, 4) is 11.5 Å². The van der Waals surface area contributed by atoms with Crippen LogP contribution in [0.2, 0.25) is 0 Å². The molecule has 2 heterocycles. The Balaban J connectivity index is 1.74. The lowest BCUT2D eigenvalue weighted by Crippen LogP contribution is -2.45. The molecule has 1 aromatic heterocycles. The molecule has 1 fully saturated rings. The molecule has 7 nitrogen and oxygen atoms in total. The number of carbonyl (C=O) groups is 2. The minimum absolute atomic E-state index is 0.125. The lowest BCUT2D eigenvalue weighted by molar-refractivity contribution is -0.122. The van der Waals surface area contributed by atoms with E-state index in [9.17, 15) is 9.59 Å². The Hall–Kier alpha value is -2.83. The zero-order valence-electron chi connectivity index (χ0n) is 12.5. The summed E-state index contributed by atoms with van der Waals surface area (Å²) in [6.07, 6.45) is 3.69. The van der Waals surface area contributed by atoms with E-state index in [1.165, 1.54) is 6.26 Å². The Labute approximate surface area is 133 Å². The third kappa shape index (κ3) is 3.33. The highest BCUT2D eigenvalue weighted by molar-refractivity contribution is 5.96. The number of para-hydroxylation sites is 1. The SMILES string of the molecule is Nc1ccccc1-c1nc(C(=O)NC2CCCCNC2=O)co1. The summed E-state index contributed by atoms with van der Waals surface area (Å²) in [5.74, 6) is -0.318. The fraction of sp³-hybridized carbons (Fsp3) is 0.312. The van der Waals surface area contributed by atoms with Gasteiger partial charge in [-0.2, -0.15) is 0 Å². The predicted octanol–water partition coefficient (Wildman–Crippen LogP) is 1.32. The van der Waals surface area contributed by atoms with E-state index in [1.807, 2.05) is 6.07 Å². The Morgan fingerprint density at radius 1 is 1.35 bits per heavy atom. The van der Waals surface area contributed by atoms with E-state index in [2.05, 4.69) is 15.6 Å². The normalized spacial score (nSPS) is 18.1. The van der Waals surface area contributed by atoms with Crippen molar-refractivity contribution in [3.63, 3.8) is 0 Å². The van der Waals surface area contributed by atoms with Gasteiger partial charge in [0, 0.05) is 12.2 Å². The van der Waals surface area contributed by atoms with Crippen LogP contribution in [0.15, 0.2) is 34.9 Å². The fourth-order valence-corrected chi connectivity index (χ4v) is 2.50. The third-order valence-electron chi connectivity index (χ3n) is 3.77. The molecule has 0 spiro atoms. The maximum Gasteiger partial charge on any atom is 0.273 e. The van der Waals surface area contributed by atoms with Gasteiger partial charge in [0.05, 0.1) is 5.56 Å². The summed E-state index contributed by atoms with van der Waals surface area (Å²) in [7, 11) is 0. The van der Waals surface area contributed by atoms with E-state index in [1.54, 1.807) is 18.2 Å². The highest BCUT2D eigenvalue weighted by atomic mass is 16.3. The standard InChI is InChI=1S/C16H18N4O3/c17-11-6-2-1-5-10(11)16-20-13(9-23-16)15(22)19-12-7-3-4-8-18-14(12)21/h1-2,5-6,9,12H,3-4,7-8,17H2,(H,18,21)(H,19,22). The van der Waals surface area contributed by atoms with Crippen LogP contribution in [0.1, 0.15) is 29.8 Å². The van der Waals surface area contributed by atoms with Gasteiger partial charge in [-0.15, -0.1) is 0 Å². The van der Waals surface area contributed by atoms with Gasteiger partial charge in [-0.3, -0.25) is 9.59 Å².